The van der Waals surface area contributed by atoms with Crippen LogP contribution in [0.4, 0.5) is 0 Å². The molecule has 0 saturated carbocycles. The number of ether oxygens (including phenoxy) is 1. The van der Waals surface area contributed by atoms with Crippen molar-refractivity contribution in [2.24, 2.45) is 0 Å². The van der Waals surface area contributed by atoms with Gasteiger partial charge in [0.05, 0.1) is 12.7 Å². The van der Waals surface area contributed by atoms with Gasteiger partial charge in [-0.1, -0.05) is 0 Å². The van der Waals surface area contributed by atoms with Crippen molar-refractivity contribution in [1.82, 2.24) is 9.88 Å². The third-order valence-electron chi connectivity index (χ3n) is 2.38. The topological polar surface area (TPSA) is 28.3 Å². The molecule has 0 radical (unpaired) electrons. The van der Waals surface area contributed by atoms with Crippen molar-refractivity contribution < 1.29 is 4.74 Å². The second-order valence-electron chi connectivity index (χ2n) is 3.61. The van der Waals surface area contributed by atoms with Crippen LogP contribution in [0.2, 0.25) is 0 Å². The van der Waals surface area contributed by atoms with Crippen molar-refractivity contribution >= 4 is 0 Å². The number of aromatic nitrogens is 1. The van der Waals surface area contributed by atoms with Crippen molar-refractivity contribution in [3.05, 3.63) is 24.0 Å². The van der Waals surface area contributed by atoms with Crippen LogP contribution in [-0.4, -0.2) is 35.7 Å². The maximum Gasteiger partial charge on any atom is 0.0674 e. The van der Waals surface area contributed by atoms with E-state index in [2.05, 4.69) is 22.9 Å². The number of H-pyrrole nitrogens is 1. The van der Waals surface area contributed by atoms with Gasteiger partial charge in [0.15, 0.2) is 0 Å². The Hall–Kier alpha value is -0.800. The van der Waals surface area contributed by atoms with Crippen LogP contribution in [0.25, 0.3) is 0 Å². The van der Waals surface area contributed by atoms with Crippen molar-refractivity contribution in [1.29, 1.82) is 0 Å². The zero-order valence-corrected chi connectivity index (χ0v) is 7.99. The summed E-state index contributed by atoms with van der Waals surface area (Å²) in [5.41, 5.74) is 1.29. The Bertz CT molecular complexity index is 245. The summed E-state index contributed by atoms with van der Waals surface area (Å²) in [4.78, 5) is 5.63. The zero-order valence-electron chi connectivity index (χ0n) is 7.99. The van der Waals surface area contributed by atoms with E-state index in [1.807, 2.05) is 12.3 Å². The van der Waals surface area contributed by atoms with E-state index in [0.29, 0.717) is 6.10 Å². The van der Waals surface area contributed by atoms with E-state index < -0.39 is 0 Å². The fourth-order valence-corrected chi connectivity index (χ4v) is 1.74. The molecule has 0 bridgehead atoms. The van der Waals surface area contributed by atoms with Crippen molar-refractivity contribution in [2.45, 2.75) is 19.6 Å². The van der Waals surface area contributed by atoms with E-state index in [-0.39, 0.29) is 0 Å². The lowest BCUT2D eigenvalue weighted by Gasteiger charge is -2.30. The second-order valence-corrected chi connectivity index (χ2v) is 3.61. The first-order valence-corrected chi connectivity index (χ1v) is 4.81. The Kier molecular flexibility index (Phi) is 2.66. The summed E-state index contributed by atoms with van der Waals surface area (Å²) in [6, 6.07) is 4.17. The maximum atomic E-state index is 5.48. The third-order valence-corrected chi connectivity index (χ3v) is 2.38. The maximum absolute atomic E-state index is 5.48. The monoisotopic (exact) mass is 180 g/mol. The molecule has 1 aliphatic heterocycles. The molecule has 3 heteroatoms. The molecule has 0 spiro atoms. The standard InChI is InChI=1S/C10H16N2O/c1-9-7-12(5-6-13-9)8-10-3-2-4-11-10/h2-4,9,11H,5-8H2,1H3. The minimum Gasteiger partial charge on any atom is -0.376 e. The van der Waals surface area contributed by atoms with E-state index in [9.17, 15) is 0 Å². The molecule has 1 aromatic rings. The summed E-state index contributed by atoms with van der Waals surface area (Å²) in [7, 11) is 0. The van der Waals surface area contributed by atoms with Gasteiger partial charge in [-0.2, -0.15) is 0 Å². The van der Waals surface area contributed by atoms with Gasteiger partial charge in [0, 0.05) is 31.5 Å². The fourth-order valence-electron chi connectivity index (χ4n) is 1.74. The molecular formula is C10H16N2O. The highest BCUT2D eigenvalue weighted by Gasteiger charge is 2.16. The largest absolute Gasteiger partial charge is 0.376 e. The Morgan fingerprint density at radius 3 is 3.31 bits per heavy atom. The van der Waals surface area contributed by atoms with Crippen LogP contribution in [-0.2, 0) is 11.3 Å². The van der Waals surface area contributed by atoms with E-state index >= 15 is 0 Å². The number of hydrogen-bond acceptors (Lipinski definition) is 2. The van der Waals surface area contributed by atoms with Crippen LogP contribution >= 0.6 is 0 Å². The average Bonchev–Trinajstić information content (AvgIpc) is 2.57. The van der Waals surface area contributed by atoms with Crippen LogP contribution in [0.15, 0.2) is 18.3 Å². The number of hydrogen-bond donors (Lipinski definition) is 1. The Labute approximate surface area is 78.7 Å². The lowest BCUT2D eigenvalue weighted by molar-refractivity contribution is -0.0215. The Morgan fingerprint density at radius 2 is 2.62 bits per heavy atom. The van der Waals surface area contributed by atoms with Crippen molar-refractivity contribution in [3.63, 3.8) is 0 Å². The summed E-state index contributed by atoms with van der Waals surface area (Å²) in [6.07, 6.45) is 2.35. The lowest BCUT2D eigenvalue weighted by Crippen LogP contribution is -2.40. The quantitative estimate of drug-likeness (QED) is 0.741. The summed E-state index contributed by atoms with van der Waals surface area (Å²) >= 11 is 0. The average molecular weight is 180 g/mol. The number of morpholine rings is 1. The summed E-state index contributed by atoms with van der Waals surface area (Å²) in [5.74, 6) is 0. The molecule has 1 atom stereocenters. The summed E-state index contributed by atoms with van der Waals surface area (Å²) < 4.78 is 5.48. The van der Waals surface area contributed by atoms with E-state index in [4.69, 9.17) is 4.74 Å². The van der Waals surface area contributed by atoms with Crippen LogP contribution in [0, 0.1) is 0 Å². The van der Waals surface area contributed by atoms with E-state index in [1.54, 1.807) is 0 Å². The van der Waals surface area contributed by atoms with Crippen molar-refractivity contribution in [2.75, 3.05) is 19.7 Å². The molecule has 72 valence electrons. The highest BCUT2D eigenvalue weighted by molar-refractivity contribution is 5.03. The molecule has 3 nitrogen and oxygen atoms in total. The molecule has 1 N–H and O–H groups in total. The smallest absolute Gasteiger partial charge is 0.0674 e. The first kappa shape index (κ1) is 8.78. The van der Waals surface area contributed by atoms with Crippen LogP contribution < -0.4 is 0 Å². The predicted octanol–water partition coefficient (Wildman–Crippen LogP) is 1.24. The van der Waals surface area contributed by atoms with Gasteiger partial charge in [-0.05, 0) is 19.1 Å². The molecule has 0 aromatic carbocycles. The molecule has 1 aromatic heterocycles. The SMILES string of the molecule is CC1CN(Cc2ccc[nH]2)CCO1. The normalized spacial score (nSPS) is 24.8. The summed E-state index contributed by atoms with van der Waals surface area (Å²) in [5, 5.41) is 0. The zero-order chi connectivity index (χ0) is 9.10. The minimum absolute atomic E-state index is 0.378. The van der Waals surface area contributed by atoms with E-state index in [0.717, 1.165) is 26.2 Å². The van der Waals surface area contributed by atoms with Gasteiger partial charge in [-0.15, -0.1) is 0 Å². The molecule has 1 unspecified atom stereocenters. The fraction of sp³-hybridized carbons (Fsp3) is 0.600. The lowest BCUT2D eigenvalue weighted by atomic mass is 10.3. The summed E-state index contributed by atoms with van der Waals surface area (Å²) in [6.45, 7) is 6.09. The van der Waals surface area contributed by atoms with Gasteiger partial charge in [-0.3, -0.25) is 4.90 Å². The Morgan fingerprint density at radius 1 is 1.69 bits per heavy atom. The van der Waals surface area contributed by atoms with Crippen molar-refractivity contribution in [3.8, 4) is 0 Å². The first-order valence-electron chi connectivity index (χ1n) is 4.81. The number of aromatic amines is 1. The first-order chi connectivity index (χ1) is 6.34. The van der Waals surface area contributed by atoms with Gasteiger partial charge in [0.2, 0.25) is 0 Å². The van der Waals surface area contributed by atoms with Gasteiger partial charge < -0.3 is 9.72 Å². The van der Waals surface area contributed by atoms with Gasteiger partial charge in [0.25, 0.3) is 0 Å². The molecule has 1 aliphatic rings. The molecule has 1 saturated heterocycles. The van der Waals surface area contributed by atoms with E-state index in [1.165, 1.54) is 5.69 Å². The molecule has 1 fully saturated rings. The number of nitrogens with one attached hydrogen (secondary N) is 1. The third kappa shape index (κ3) is 2.32. The molecule has 0 amide bonds. The van der Waals surface area contributed by atoms with Gasteiger partial charge in [0.1, 0.15) is 0 Å². The van der Waals surface area contributed by atoms with Gasteiger partial charge >= 0.3 is 0 Å². The molecular weight excluding hydrogens is 164 g/mol. The molecule has 13 heavy (non-hydrogen) atoms. The van der Waals surface area contributed by atoms with Crippen LogP contribution in [0.5, 0.6) is 0 Å². The highest BCUT2D eigenvalue weighted by Crippen LogP contribution is 2.08. The van der Waals surface area contributed by atoms with Crippen LogP contribution in [0.3, 0.4) is 0 Å². The predicted molar refractivity (Wildman–Crippen MR) is 51.5 cm³/mol. The molecule has 2 rings (SSSR count). The molecule has 0 aliphatic carbocycles. The van der Waals surface area contributed by atoms with Crippen LogP contribution in [0.1, 0.15) is 12.6 Å². The minimum atomic E-state index is 0.378. The highest BCUT2D eigenvalue weighted by atomic mass is 16.5. The second kappa shape index (κ2) is 3.94. The number of nitrogens with zero attached hydrogens (tertiary/aromatic N) is 1. The Balaban J connectivity index is 1.87. The number of rotatable bonds is 2. The molecule has 2 heterocycles. The van der Waals surface area contributed by atoms with Gasteiger partial charge in [-0.25, -0.2) is 0 Å².